The normalized spacial score (nSPS) is 31.7. The molecule has 7 saturated heterocycles. The number of esters is 16. The van der Waals surface area contributed by atoms with Crippen molar-refractivity contribution in [1.29, 1.82) is 0 Å². The van der Waals surface area contributed by atoms with Crippen LogP contribution in [-0.2, 0) is 205 Å². The van der Waals surface area contributed by atoms with Gasteiger partial charge in [0.1, 0.15) is 88.0 Å². The molecule has 0 aromatic carbocycles. The Balaban J connectivity index is 1.35. The van der Waals surface area contributed by atoms with E-state index in [0.717, 1.165) is 129 Å². The Kier molecular flexibility index (Phi) is 40.3. The Hall–Kier alpha value is -10.3. The fraction of sp³-hybridized carbons (Fsp3) is 0.756. The predicted molar refractivity (Wildman–Crippen MR) is 411 cm³/mol. The number of hydrogen-bond donors (Lipinski definition) is 4. The van der Waals surface area contributed by atoms with Gasteiger partial charge >= 0.3 is 102 Å². The molecule has 127 heavy (non-hydrogen) atoms. The number of urea groups is 1. The average Bonchev–Trinajstić information content (AvgIpc) is 1.56. The Labute approximate surface area is 731 Å². The van der Waals surface area contributed by atoms with Crippen LogP contribution in [0.2, 0.25) is 0 Å². The van der Waals surface area contributed by atoms with E-state index in [1.165, 1.54) is 0 Å². The molecule has 0 aromatic heterocycles. The van der Waals surface area contributed by atoms with Crippen molar-refractivity contribution in [2.45, 2.75) is 333 Å². The van der Waals surface area contributed by atoms with E-state index in [9.17, 15) is 91.1 Å². The van der Waals surface area contributed by atoms with E-state index in [1.807, 2.05) is 0 Å². The zero-order chi connectivity index (χ0) is 94.0. The lowest BCUT2D eigenvalue weighted by molar-refractivity contribution is -0.394. The third kappa shape index (κ3) is 32.2. The fourth-order valence-corrected chi connectivity index (χ4v) is 16.4. The van der Waals surface area contributed by atoms with Gasteiger partial charge in [0.15, 0.2) is 98.5 Å². The molecule has 0 radical (unpaired) electrons. The molecule has 0 bridgehead atoms. The monoisotopic (exact) mass is 1840 g/mol. The standard InChI is InChI=1S/C78H110N4O44S/c1-32(83)102-26-49-58(107-37(6)88)63(112-42(11)93)68(73(118-49)81-56(100)24-18-17-21-25-79-55(99)23-20-19-22-54-57-48(31-127-54)80-78(101)82-57)126-77-72(117-47(16)98)67(62(111-41(10)92)53(122-77)30-106-36(5)87)125-76-71(116-46(15)97)66(61(110-40(9)91)52(121-76)29-105-35(4)86)124-75-70(115-45(14)96)65(60(109-39(8)90)51(120-75)28-104-34(3)85)123-74-69(114-44(13)95)64(113-43(12)94)59(108-38(7)89)50(119-74)27-103-33(2)84/h48-54,57-77H,17-31H2,1-16H3,(H,79,99)(H,81,100)(H2,80,82,101)/t48-,49?,50?,51?,52?,53?,54-,57-,58-,59-,60-,61-,62-,63-,64-,65-,66-,67-,68?,69?,70?,71?,72?,73+,74-,75-,76-,77-/m0/s1. The summed E-state index contributed by atoms with van der Waals surface area (Å²) in [5.41, 5.74) is 0. The number of amides is 4. The van der Waals surface area contributed by atoms with E-state index >= 15 is 0 Å². The van der Waals surface area contributed by atoms with Crippen molar-refractivity contribution in [1.82, 2.24) is 21.3 Å². The number of thioether (sulfide) groups is 1. The van der Waals surface area contributed by atoms with Crippen LogP contribution in [0.1, 0.15) is 162 Å². The quantitative estimate of drug-likeness (QED) is 0.0240. The number of fused-ring (bicyclic) bond motifs is 1. The van der Waals surface area contributed by atoms with E-state index in [2.05, 4.69) is 21.3 Å². The van der Waals surface area contributed by atoms with Gasteiger partial charge in [0.25, 0.3) is 0 Å². The highest BCUT2D eigenvalue weighted by Crippen LogP contribution is 2.43. The second-order valence-electron chi connectivity index (χ2n) is 30.1. The second-order valence-corrected chi connectivity index (χ2v) is 31.4. The van der Waals surface area contributed by atoms with Gasteiger partial charge in [-0.15, -0.1) is 0 Å². The molecule has 49 heteroatoms. The lowest BCUT2D eigenvalue weighted by Crippen LogP contribution is -2.70. The molecule has 0 aliphatic carbocycles. The highest BCUT2D eigenvalue weighted by molar-refractivity contribution is 8.00. The summed E-state index contributed by atoms with van der Waals surface area (Å²) in [6, 6.07) is -0.124. The summed E-state index contributed by atoms with van der Waals surface area (Å²) in [7, 11) is 0. The van der Waals surface area contributed by atoms with Gasteiger partial charge in [-0.05, 0) is 25.7 Å². The number of carbonyl (C=O) groups is 19. The van der Waals surface area contributed by atoms with Gasteiger partial charge in [0.05, 0.1) is 12.1 Å². The van der Waals surface area contributed by atoms with Gasteiger partial charge in [-0.25, -0.2) is 4.79 Å². The van der Waals surface area contributed by atoms with E-state index in [4.69, 9.17) is 118 Å². The minimum absolute atomic E-state index is 0.0184. The molecule has 48 nitrogen and oxygen atoms in total. The topological polar surface area (TPSA) is 603 Å². The zero-order valence-corrected chi connectivity index (χ0v) is 73.5. The van der Waals surface area contributed by atoms with Crippen molar-refractivity contribution < 1.29 is 210 Å². The highest BCUT2D eigenvalue weighted by atomic mass is 32.2. The second kappa shape index (κ2) is 49.3. The third-order valence-electron chi connectivity index (χ3n) is 19.5. The summed E-state index contributed by atoms with van der Waals surface area (Å²) in [5.74, 6) is -18.2. The molecule has 4 amide bonds. The van der Waals surface area contributed by atoms with Gasteiger partial charge in [-0.1, -0.05) is 12.8 Å². The molecule has 0 aromatic rings. The Morgan fingerprint density at radius 2 is 0.583 bits per heavy atom. The summed E-state index contributed by atoms with van der Waals surface area (Å²) >= 11 is 1.76. The Bertz CT molecular complexity index is 3920. The molecule has 7 aliphatic rings. The van der Waals surface area contributed by atoms with Crippen LogP contribution in [0, 0.1) is 0 Å². The van der Waals surface area contributed by atoms with Crippen molar-refractivity contribution >= 4 is 125 Å². The first-order valence-corrected chi connectivity index (χ1v) is 41.6. The summed E-state index contributed by atoms with van der Waals surface area (Å²) in [6.45, 7) is 9.96. The number of rotatable bonds is 41. The molecule has 0 spiro atoms. The smallest absolute Gasteiger partial charge is 0.315 e. The number of nitrogens with one attached hydrogen (secondary N) is 4. The van der Waals surface area contributed by atoms with E-state index in [1.54, 1.807) is 11.8 Å². The number of hydrogen-bond acceptors (Lipinski definition) is 45. The lowest BCUT2D eigenvalue weighted by atomic mass is 9.94. The maximum absolute atomic E-state index is 14.4. The van der Waals surface area contributed by atoms with Crippen LogP contribution in [0.25, 0.3) is 0 Å². The molecule has 0 saturated carbocycles. The molecular formula is C78H110N4O44S. The van der Waals surface area contributed by atoms with Crippen molar-refractivity contribution in [2.24, 2.45) is 0 Å². The summed E-state index contributed by atoms with van der Waals surface area (Å²) in [5, 5.41) is 11.6. The SMILES string of the molecule is CC(=O)OCC1O[C@@H](O[C@@H]2C(OC(C)=O)[C@H](O[C@@H]3C(OC(C)=O)[C@H](O[C@@H]4C(OC(C)=O)[C@H](OC5[C@H](NC(=O)CCCCCNC(=O)CCCC[C@@H]6SC[C@@H]7NC(=O)N[C@@H]76)OC(COC(C)=O)[C@H](OC(C)=O)[C@@H]5OC(C)=O)OC(COC(C)=O)[C@@H]4OC(C)=O)OC(COC(C)=O)[C@@H]3OC(C)=O)OC(COC(C)=O)[C@@H]2OC(C)=O)C(OC(C)=O)[C@@H](OC(C)=O)[C@H]1OC(C)=O. The third-order valence-corrected chi connectivity index (χ3v) is 21.0. The van der Waals surface area contributed by atoms with E-state index in [0.29, 0.717) is 19.3 Å². The van der Waals surface area contributed by atoms with Crippen LogP contribution in [0.15, 0.2) is 0 Å². The van der Waals surface area contributed by atoms with Gasteiger partial charge in [0.2, 0.25) is 11.8 Å². The molecule has 7 rings (SSSR count). The van der Waals surface area contributed by atoms with Crippen LogP contribution in [0.3, 0.4) is 0 Å². The van der Waals surface area contributed by atoms with Crippen LogP contribution < -0.4 is 21.3 Å². The van der Waals surface area contributed by atoms with E-state index < -0.39 is 288 Å². The minimum atomic E-state index is -2.51. The Morgan fingerprint density at radius 3 is 0.913 bits per heavy atom. The molecule has 10 unspecified atom stereocenters. The summed E-state index contributed by atoms with van der Waals surface area (Å²) < 4.78 is 150. The zero-order valence-electron chi connectivity index (χ0n) is 72.6. The maximum atomic E-state index is 14.4. The van der Waals surface area contributed by atoms with Gasteiger partial charge in [0, 0.05) is 141 Å². The van der Waals surface area contributed by atoms with Crippen molar-refractivity contribution in [3.8, 4) is 0 Å². The van der Waals surface area contributed by atoms with Crippen molar-refractivity contribution in [3.63, 3.8) is 0 Å². The molecule has 28 atom stereocenters. The van der Waals surface area contributed by atoms with Crippen molar-refractivity contribution in [3.05, 3.63) is 0 Å². The minimum Gasteiger partial charge on any atom is -0.463 e. The molecule has 7 fully saturated rings. The molecule has 712 valence electrons. The van der Waals surface area contributed by atoms with Crippen LogP contribution in [-0.4, -0.2) is 329 Å². The molecule has 7 aliphatic heterocycles. The average molecular weight is 1840 g/mol. The number of unbranched alkanes of at least 4 members (excludes halogenated alkanes) is 3. The summed E-state index contributed by atoms with van der Waals surface area (Å²) in [6.07, 6.45) is -50.5. The lowest BCUT2D eigenvalue weighted by Gasteiger charge is -2.52. The van der Waals surface area contributed by atoms with Crippen molar-refractivity contribution in [2.75, 3.05) is 45.3 Å². The van der Waals surface area contributed by atoms with Crippen LogP contribution in [0.4, 0.5) is 4.79 Å². The molecule has 7 heterocycles. The highest BCUT2D eigenvalue weighted by Gasteiger charge is 2.64. The predicted octanol–water partition coefficient (Wildman–Crippen LogP) is -1.27. The fourth-order valence-electron chi connectivity index (χ4n) is 14.9. The molecule has 4 N–H and O–H groups in total. The number of carbonyl (C=O) groups excluding carboxylic acids is 19. The first-order valence-electron chi connectivity index (χ1n) is 40.6. The Morgan fingerprint density at radius 1 is 0.307 bits per heavy atom. The largest absolute Gasteiger partial charge is 0.463 e. The summed E-state index contributed by atoms with van der Waals surface area (Å²) in [4.78, 5) is 251. The van der Waals surface area contributed by atoms with Gasteiger partial charge in [-0.3, -0.25) is 86.3 Å². The number of ether oxygens (including phenoxy) is 25. The van der Waals surface area contributed by atoms with Crippen LogP contribution >= 0.6 is 11.8 Å². The van der Waals surface area contributed by atoms with Crippen LogP contribution in [0.5, 0.6) is 0 Å². The maximum Gasteiger partial charge on any atom is 0.315 e. The van der Waals surface area contributed by atoms with Gasteiger partial charge < -0.3 is 140 Å². The van der Waals surface area contributed by atoms with E-state index in [-0.39, 0.29) is 55.1 Å². The molecular weight excluding hydrogens is 1730 g/mol. The first kappa shape index (κ1) is 104. The van der Waals surface area contributed by atoms with Gasteiger partial charge in [-0.2, -0.15) is 11.8 Å². The first-order chi connectivity index (χ1) is 59.9.